The number of nitrogens with zero attached hydrogens (tertiary/aromatic N) is 2. The Kier molecular flexibility index (Phi) is 4.37. The van der Waals surface area contributed by atoms with Gasteiger partial charge in [-0.3, -0.25) is 10.1 Å². The molecule has 1 aromatic carbocycles. The first-order valence-electron chi connectivity index (χ1n) is 8.58. The van der Waals surface area contributed by atoms with Crippen molar-refractivity contribution in [3.8, 4) is 11.5 Å². The number of hydrogen-bond donors (Lipinski definition) is 1. The van der Waals surface area contributed by atoms with Crippen molar-refractivity contribution in [3.05, 3.63) is 41.2 Å². The first kappa shape index (κ1) is 17.6. The number of anilines is 1. The van der Waals surface area contributed by atoms with Crippen molar-refractivity contribution < 1.29 is 27.4 Å². The van der Waals surface area contributed by atoms with Gasteiger partial charge in [0.05, 0.1) is 0 Å². The van der Waals surface area contributed by atoms with E-state index < -0.39 is 23.9 Å². The largest absolute Gasteiger partial charge is 0.485 e. The van der Waals surface area contributed by atoms with Crippen LogP contribution in [0.5, 0.6) is 11.5 Å². The van der Waals surface area contributed by atoms with Gasteiger partial charge in [0.15, 0.2) is 17.2 Å². The fraction of sp³-hybridized carbons (Fsp3) is 0.389. The van der Waals surface area contributed by atoms with Crippen LogP contribution in [0.25, 0.3) is 0 Å². The highest BCUT2D eigenvalue weighted by molar-refractivity contribution is 5.93. The van der Waals surface area contributed by atoms with E-state index in [4.69, 9.17) is 9.47 Å². The van der Waals surface area contributed by atoms with Crippen LogP contribution in [-0.2, 0) is 23.8 Å². The van der Waals surface area contributed by atoms with Gasteiger partial charge in [0.25, 0.3) is 5.91 Å². The van der Waals surface area contributed by atoms with Crippen LogP contribution in [0.3, 0.4) is 0 Å². The predicted molar refractivity (Wildman–Crippen MR) is 88.7 cm³/mol. The third kappa shape index (κ3) is 3.54. The molecule has 9 heteroatoms. The van der Waals surface area contributed by atoms with Crippen LogP contribution in [0.1, 0.15) is 29.8 Å². The number of benzene rings is 1. The molecular formula is C18H16F3N3O3. The Morgan fingerprint density at radius 2 is 1.85 bits per heavy atom. The van der Waals surface area contributed by atoms with E-state index in [9.17, 15) is 18.0 Å². The van der Waals surface area contributed by atoms with Crippen molar-refractivity contribution in [1.29, 1.82) is 0 Å². The number of aryl methyl sites for hydroxylation is 1. The van der Waals surface area contributed by atoms with Gasteiger partial charge in [-0.05, 0) is 37.8 Å². The Balaban J connectivity index is 1.57. The maximum Gasteiger partial charge on any atom is 0.433 e. The molecule has 2 aromatic rings. The zero-order chi connectivity index (χ0) is 19.0. The van der Waals surface area contributed by atoms with E-state index in [0.29, 0.717) is 30.0 Å². The molecule has 0 fully saturated rings. The zero-order valence-corrected chi connectivity index (χ0v) is 14.2. The summed E-state index contributed by atoms with van der Waals surface area (Å²) in [6, 6.07) is 6.84. The molecule has 4 rings (SSSR count). The highest BCUT2D eigenvalue weighted by atomic mass is 19.4. The molecule has 1 unspecified atom stereocenters. The molecule has 1 aliphatic heterocycles. The zero-order valence-electron chi connectivity index (χ0n) is 14.2. The van der Waals surface area contributed by atoms with Gasteiger partial charge in [0, 0.05) is 11.3 Å². The Morgan fingerprint density at radius 1 is 1.11 bits per heavy atom. The van der Waals surface area contributed by atoms with Crippen LogP contribution in [0, 0.1) is 0 Å². The summed E-state index contributed by atoms with van der Waals surface area (Å²) >= 11 is 0. The fourth-order valence-electron chi connectivity index (χ4n) is 3.22. The lowest BCUT2D eigenvalue weighted by Gasteiger charge is -2.25. The van der Waals surface area contributed by atoms with Gasteiger partial charge in [0.1, 0.15) is 6.61 Å². The van der Waals surface area contributed by atoms with Crippen molar-refractivity contribution in [3.63, 3.8) is 0 Å². The molecule has 1 amide bonds. The van der Waals surface area contributed by atoms with Gasteiger partial charge < -0.3 is 9.47 Å². The Morgan fingerprint density at radius 3 is 2.63 bits per heavy atom. The molecule has 0 spiro atoms. The van der Waals surface area contributed by atoms with E-state index in [1.807, 2.05) is 0 Å². The SMILES string of the molecule is O=C(Nc1nc2c(c(C(F)(F)F)n1)CCCC2)C1COc2ccccc2O1. The quantitative estimate of drug-likeness (QED) is 0.868. The summed E-state index contributed by atoms with van der Waals surface area (Å²) in [6.07, 6.45) is -3.47. The number of carbonyl (C=O) groups is 1. The Bertz CT molecular complexity index is 886. The van der Waals surface area contributed by atoms with Gasteiger partial charge in [0.2, 0.25) is 12.1 Å². The normalized spacial score (nSPS) is 18.6. The first-order chi connectivity index (χ1) is 12.9. The average Bonchev–Trinajstić information content (AvgIpc) is 2.66. The molecule has 6 nitrogen and oxygen atoms in total. The van der Waals surface area contributed by atoms with Crippen LogP contribution in [0.15, 0.2) is 24.3 Å². The van der Waals surface area contributed by atoms with Gasteiger partial charge in [-0.1, -0.05) is 12.1 Å². The summed E-state index contributed by atoms with van der Waals surface area (Å²) in [4.78, 5) is 20.1. The lowest BCUT2D eigenvalue weighted by Crippen LogP contribution is -2.40. The summed E-state index contributed by atoms with van der Waals surface area (Å²) in [5, 5.41) is 2.34. The number of rotatable bonds is 2. The summed E-state index contributed by atoms with van der Waals surface area (Å²) in [5.41, 5.74) is -0.517. The van der Waals surface area contributed by atoms with E-state index in [0.717, 1.165) is 6.42 Å². The van der Waals surface area contributed by atoms with Crippen LogP contribution >= 0.6 is 0 Å². The monoisotopic (exact) mass is 379 g/mol. The smallest absolute Gasteiger partial charge is 0.433 e. The number of ether oxygens (including phenoxy) is 2. The van der Waals surface area contributed by atoms with Crippen molar-refractivity contribution in [2.45, 2.75) is 38.0 Å². The molecule has 2 aliphatic rings. The number of aromatic nitrogens is 2. The fourth-order valence-corrected chi connectivity index (χ4v) is 3.22. The van der Waals surface area contributed by atoms with Crippen LogP contribution in [0.4, 0.5) is 19.1 Å². The van der Waals surface area contributed by atoms with Crippen LogP contribution in [-0.4, -0.2) is 28.6 Å². The van der Waals surface area contributed by atoms with Crippen molar-refractivity contribution >= 4 is 11.9 Å². The van der Waals surface area contributed by atoms with Crippen molar-refractivity contribution in [1.82, 2.24) is 9.97 Å². The third-order valence-corrected chi connectivity index (χ3v) is 4.49. The lowest BCUT2D eigenvalue weighted by molar-refractivity contribution is -0.142. The molecule has 1 atom stereocenters. The summed E-state index contributed by atoms with van der Waals surface area (Å²) in [6.45, 7) is -0.0556. The van der Waals surface area contributed by atoms with Crippen LogP contribution in [0.2, 0.25) is 0 Å². The number of amides is 1. The standard InChI is InChI=1S/C18H16F3N3O3/c19-18(20,21)15-10-5-1-2-6-11(10)22-17(23-15)24-16(25)14-9-26-12-7-3-4-8-13(12)27-14/h3-4,7-8,14H,1-2,5-6,9H2,(H,22,23,24,25). The van der Waals surface area contributed by atoms with Crippen molar-refractivity contribution in [2.75, 3.05) is 11.9 Å². The molecule has 0 saturated carbocycles. The topological polar surface area (TPSA) is 73.3 Å². The van der Waals surface area contributed by atoms with Crippen molar-refractivity contribution in [2.24, 2.45) is 0 Å². The number of carbonyl (C=O) groups excluding carboxylic acids is 1. The average molecular weight is 379 g/mol. The van der Waals surface area contributed by atoms with Gasteiger partial charge in [-0.15, -0.1) is 0 Å². The molecule has 27 heavy (non-hydrogen) atoms. The molecule has 2 heterocycles. The van der Waals surface area contributed by atoms with Gasteiger partial charge in [-0.2, -0.15) is 13.2 Å². The number of halogens is 3. The number of alkyl halides is 3. The Labute approximate surface area is 152 Å². The molecule has 1 aromatic heterocycles. The number of nitrogens with one attached hydrogen (secondary N) is 1. The van der Waals surface area contributed by atoms with E-state index in [1.54, 1.807) is 24.3 Å². The summed E-state index contributed by atoms with van der Waals surface area (Å²) in [5.74, 6) is -0.124. The Hall–Kier alpha value is -2.84. The number of fused-ring (bicyclic) bond motifs is 2. The van der Waals surface area contributed by atoms with E-state index in [2.05, 4.69) is 15.3 Å². The second-order valence-corrected chi connectivity index (χ2v) is 6.38. The molecule has 1 N–H and O–H groups in total. The second kappa shape index (κ2) is 6.71. The highest BCUT2D eigenvalue weighted by Gasteiger charge is 2.38. The lowest BCUT2D eigenvalue weighted by atomic mass is 9.94. The molecule has 0 bridgehead atoms. The summed E-state index contributed by atoms with van der Waals surface area (Å²) < 4.78 is 51.1. The van der Waals surface area contributed by atoms with Gasteiger partial charge in [-0.25, -0.2) is 9.97 Å². The molecule has 1 aliphatic carbocycles. The number of para-hydroxylation sites is 2. The minimum absolute atomic E-state index is 0.0556. The predicted octanol–water partition coefficient (Wildman–Crippen LogP) is 3.15. The van der Waals surface area contributed by atoms with E-state index >= 15 is 0 Å². The van der Waals surface area contributed by atoms with Crippen LogP contribution < -0.4 is 14.8 Å². The second-order valence-electron chi connectivity index (χ2n) is 6.38. The first-order valence-corrected chi connectivity index (χ1v) is 8.58. The molecule has 142 valence electrons. The molecule has 0 saturated heterocycles. The third-order valence-electron chi connectivity index (χ3n) is 4.49. The van der Waals surface area contributed by atoms with E-state index in [-0.39, 0.29) is 24.5 Å². The summed E-state index contributed by atoms with van der Waals surface area (Å²) in [7, 11) is 0. The molecule has 0 radical (unpaired) electrons. The maximum atomic E-state index is 13.4. The van der Waals surface area contributed by atoms with E-state index in [1.165, 1.54) is 0 Å². The minimum atomic E-state index is -4.60. The maximum absolute atomic E-state index is 13.4. The van der Waals surface area contributed by atoms with Gasteiger partial charge >= 0.3 is 6.18 Å². The molecular weight excluding hydrogens is 363 g/mol. The minimum Gasteiger partial charge on any atom is -0.485 e. The highest BCUT2D eigenvalue weighted by Crippen LogP contribution is 2.35. The number of hydrogen-bond acceptors (Lipinski definition) is 5.